The molecule has 2 fully saturated rings. The fraction of sp³-hybridized carbons (Fsp3) is 0.517. The first-order valence-corrected chi connectivity index (χ1v) is 32.9. The molecular weight excluding hydrogens is 1260 g/mol. The minimum atomic E-state index is -1.80. The summed E-state index contributed by atoms with van der Waals surface area (Å²) in [5.74, 6) is -11.9. The van der Waals surface area contributed by atoms with Gasteiger partial charge in [-0.15, -0.1) is 0 Å². The van der Waals surface area contributed by atoms with Crippen LogP contribution in [0.2, 0.25) is 0 Å². The van der Waals surface area contributed by atoms with Gasteiger partial charge in [-0.25, -0.2) is 4.98 Å². The van der Waals surface area contributed by atoms with Crippen molar-refractivity contribution in [2.24, 2.45) is 5.92 Å². The van der Waals surface area contributed by atoms with Gasteiger partial charge in [-0.1, -0.05) is 77.9 Å². The molecule has 32 nitrogen and oxygen atoms in total. The maximum atomic E-state index is 15.1. The van der Waals surface area contributed by atoms with E-state index < -0.39 is 139 Å². The highest BCUT2D eigenvalue weighted by molar-refractivity contribution is 8.76. The van der Waals surface area contributed by atoms with Gasteiger partial charge in [0.15, 0.2) is 0 Å². The lowest BCUT2D eigenvalue weighted by atomic mass is 10.0. The highest BCUT2D eigenvalue weighted by Gasteiger charge is 2.41. The number of nitrogens with one attached hydrogen (secondary N) is 13. The van der Waals surface area contributed by atoms with Gasteiger partial charge in [-0.3, -0.25) is 72.0 Å². The van der Waals surface area contributed by atoms with Crippen LogP contribution in [0.4, 0.5) is 0 Å². The number of carbonyl (C=O) groups excluding carboxylic acids is 13. The van der Waals surface area contributed by atoms with Gasteiger partial charge in [0.2, 0.25) is 76.8 Å². The zero-order valence-electron chi connectivity index (χ0n) is 52.8. The van der Waals surface area contributed by atoms with Gasteiger partial charge in [0.05, 0.1) is 32.4 Å². The molecule has 2 aliphatic rings. The summed E-state index contributed by atoms with van der Waals surface area (Å²) in [6, 6.07) is 2.48. The number of likely N-dealkylation sites (N-methyl/N-ethyl adjacent to an activating group) is 1. The number of aliphatic carboxylic acids is 1. The molecule has 0 bridgehead atoms. The molecule has 8 atom stereocenters. The number of carboxylic acids is 1. The van der Waals surface area contributed by atoms with E-state index in [1.165, 1.54) is 62.6 Å². The SMILES string of the molecule is CNC(=O)[C@@H]1CSSC[C@H](NC(=O)C(Cc2cnc[nH]2)NC(=O)[C@H](Cc2ccccc2)NC(=O)CNC(=O)CNC(=O)CN(CCNC(C)=O)CCNC(C)=O)C(=O)N2CCC[C@H]2C(=O)N[C@@H](Cc2ccc(O)cc2)C(=O)N[C@@H](CC(=O)O)C(=O)N[C@@H](CC(C)C)C(=O)N1. The van der Waals surface area contributed by atoms with Crippen molar-refractivity contribution in [2.75, 3.05) is 70.9 Å². The maximum Gasteiger partial charge on any atom is 0.305 e. The second kappa shape index (κ2) is 38.6. The Hall–Kier alpha value is -9.31. The number of carboxylic acid groups (broad SMARTS) is 1. The minimum absolute atomic E-state index is 0.000800. The van der Waals surface area contributed by atoms with Crippen molar-refractivity contribution in [1.82, 2.24) is 83.6 Å². The number of phenols is 1. The molecule has 3 heterocycles. The summed E-state index contributed by atoms with van der Waals surface area (Å²) in [7, 11) is 3.36. The molecule has 2 aromatic carbocycles. The van der Waals surface area contributed by atoms with E-state index >= 15 is 4.79 Å². The molecular formula is C60H84N16O16S2. The molecule has 94 heavy (non-hydrogen) atoms. The Balaban J connectivity index is 1.41. The molecule has 512 valence electrons. The van der Waals surface area contributed by atoms with Crippen LogP contribution in [0.15, 0.2) is 67.1 Å². The number of phenolic OH excluding ortho intramolecular Hbond substituents is 1. The average molecular weight is 1350 g/mol. The third kappa shape index (κ3) is 26.4. The number of imidazole rings is 1. The van der Waals surface area contributed by atoms with E-state index in [4.69, 9.17) is 0 Å². The number of nitrogens with zero attached hydrogens (tertiary/aromatic N) is 3. The highest BCUT2D eigenvalue weighted by Crippen LogP contribution is 2.26. The Morgan fingerprint density at radius 1 is 0.691 bits per heavy atom. The Kier molecular flexibility index (Phi) is 31.0. The topological polar surface area (TPSA) is 459 Å². The summed E-state index contributed by atoms with van der Waals surface area (Å²) < 4.78 is 0. The second-order valence-corrected chi connectivity index (χ2v) is 25.3. The monoisotopic (exact) mass is 1350 g/mol. The van der Waals surface area contributed by atoms with E-state index in [0.717, 1.165) is 21.6 Å². The first-order valence-electron chi connectivity index (χ1n) is 30.4. The van der Waals surface area contributed by atoms with Crippen LogP contribution < -0.4 is 63.8 Å². The van der Waals surface area contributed by atoms with E-state index in [-0.39, 0.29) is 113 Å². The Bertz CT molecular complexity index is 3110. The van der Waals surface area contributed by atoms with Crippen LogP contribution in [-0.4, -0.2) is 232 Å². The van der Waals surface area contributed by atoms with E-state index in [1.54, 1.807) is 49.1 Å². The molecule has 0 radical (unpaired) electrons. The number of amides is 13. The van der Waals surface area contributed by atoms with E-state index in [0.29, 0.717) is 16.8 Å². The smallest absolute Gasteiger partial charge is 0.305 e. The number of aromatic amines is 1. The number of hydrogen-bond acceptors (Lipinski definition) is 19. The van der Waals surface area contributed by atoms with Gasteiger partial charge in [0, 0.05) is 96.3 Å². The lowest BCUT2D eigenvalue weighted by Crippen LogP contribution is -2.61. The van der Waals surface area contributed by atoms with Gasteiger partial charge in [0.1, 0.15) is 54.1 Å². The normalized spacial score (nSPS) is 19.7. The zero-order valence-corrected chi connectivity index (χ0v) is 54.5. The number of aromatic hydroxyl groups is 1. The van der Waals surface area contributed by atoms with Gasteiger partial charge in [0.25, 0.3) is 0 Å². The van der Waals surface area contributed by atoms with Gasteiger partial charge in [-0.05, 0) is 48.4 Å². The van der Waals surface area contributed by atoms with Gasteiger partial charge < -0.3 is 83.9 Å². The van der Waals surface area contributed by atoms with Crippen LogP contribution in [0.5, 0.6) is 5.75 Å². The number of hydrogen-bond donors (Lipinski definition) is 15. The lowest BCUT2D eigenvalue weighted by molar-refractivity contribution is -0.142. The van der Waals surface area contributed by atoms with Gasteiger partial charge in [-0.2, -0.15) is 0 Å². The molecule has 0 aliphatic carbocycles. The molecule has 13 amide bonds. The summed E-state index contributed by atoms with van der Waals surface area (Å²) in [5.41, 5.74) is 1.34. The first-order chi connectivity index (χ1) is 44.8. The van der Waals surface area contributed by atoms with Crippen LogP contribution in [0.1, 0.15) is 70.2 Å². The van der Waals surface area contributed by atoms with Crippen molar-refractivity contribution >= 4 is 104 Å². The fourth-order valence-corrected chi connectivity index (χ4v) is 12.2. The highest BCUT2D eigenvalue weighted by atomic mass is 33.1. The van der Waals surface area contributed by atoms with Crippen molar-refractivity contribution in [2.45, 2.75) is 121 Å². The Labute approximate surface area is 550 Å². The molecule has 0 saturated carbocycles. The predicted molar refractivity (Wildman–Crippen MR) is 343 cm³/mol. The number of benzene rings is 2. The van der Waals surface area contributed by atoms with Crippen LogP contribution in [0.25, 0.3) is 0 Å². The second-order valence-electron chi connectivity index (χ2n) is 22.7. The molecule has 0 spiro atoms. The van der Waals surface area contributed by atoms with Crippen LogP contribution >= 0.6 is 21.6 Å². The molecule has 1 unspecified atom stereocenters. The maximum absolute atomic E-state index is 15.1. The molecule has 2 aliphatic heterocycles. The summed E-state index contributed by atoms with van der Waals surface area (Å²) in [6.45, 7) is 5.68. The molecule has 2 saturated heterocycles. The average Bonchev–Trinajstić information content (AvgIpc) is 1.57. The molecule has 3 aromatic rings. The largest absolute Gasteiger partial charge is 0.508 e. The van der Waals surface area contributed by atoms with Crippen molar-refractivity contribution < 1.29 is 77.3 Å². The Morgan fingerprint density at radius 3 is 1.93 bits per heavy atom. The third-order valence-electron chi connectivity index (χ3n) is 14.7. The van der Waals surface area contributed by atoms with Crippen molar-refractivity contribution in [3.63, 3.8) is 0 Å². The first kappa shape index (κ1) is 75.4. The number of aromatic nitrogens is 2. The number of fused-ring (bicyclic) bond motifs is 1. The Morgan fingerprint density at radius 2 is 1.30 bits per heavy atom. The lowest BCUT2D eigenvalue weighted by Gasteiger charge is -2.31. The van der Waals surface area contributed by atoms with Crippen molar-refractivity contribution in [3.8, 4) is 5.75 Å². The predicted octanol–water partition coefficient (Wildman–Crippen LogP) is -4.00. The summed E-state index contributed by atoms with van der Waals surface area (Å²) in [6.07, 6.45) is 1.46. The minimum Gasteiger partial charge on any atom is -0.508 e. The molecule has 5 rings (SSSR count). The number of carbonyl (C=O) groups is 14. The van der Waals surface area contributed by atoms with Crippen molar-refractivity contribution in [1.29, 1.82) is 0 Å². The standard InChI is InChI=1S/C60H84N16O16S2/c1-34(2)22-41-54(86)73-46(53(85)61-5)31-93-94-32-47(60(92)76-19-9-12-48(76)59(91)72-43(24-38-13-15-40(79)16-14-38)56(88)71-45(26-52(83)84)58(90)69-41)74-57(89)44(25-39-27-62-33-67-39)70-55(87)42(23-37-10-7-6-8-11-37)68-50(81)29-65-49(80)28-66-51(82)30-75(20-17-63-35(3)77)21-18-64-36(4)78/h6-8,10-11,13-16,27,33-34,41-48,79H,9,12,17-26,28-32H2,1-5H3,(H,61,85)(H,62,67)(H,63,77)(H,64,78)(H,65,80)(H,66,82)(H,68,81)(H,69,90)(H,70,87)(H,71,88)(H,72,91)(H,73,86)(H,74,89)(H,83,84)/t41-,42-,43-,44?,45-,46-,47-,48-/m0/s1. The third-order valence-corrected chi connectivity index (χ3v) is 17.1. The van der Waals surface area contributed by atoms with E-state index in [2.05, 4.69) is 73.8 Å². The summed E-state index contributed by atoms with van der Waals surface area (Å²) >= 11 is 0. The molecule has 34 heteroatoms. The summed E-state index contributed by atoms with van der Waals surface area (Å²) in [4.78, 5) is 199. The molecule has 1 aromatic heterocycles. The number of rotatable bonds is 28. The van der Waals surface area contributed by atoms with Crippen LogP contribution in [0.3, 0.4) is 0 Å². The van der Waals surface area contributed by atoms with Crippen molar-refractivity contribution in [3.05, 3.63) is 83.9 Å². The zero-order chi connectivity index (χ0) is 68.9. The summed E-state index contributed by atoms with van der Waals surface area (Å²) in [5, 5.41) is 50.9. The van der Waals surface area contributed by atoms with Crippen LogP contribution in [0, 0.1) is 5.92 Å². The van der Waals surface area contributed by atoms with E-state index in [1.807, 2.05) is 0 Å². The fourth-order valence-electron chi connectivity index (χ4n) is 9.92. The van der Waals surface area contributed by atoms with E-state index in [9.17, 15) is 72.5 Å². The quantitative estimate of drug-likeness (QED) is 0.0308. The number of H-pyrrole nitrogens is 1. The van der Waals surface area contributed by atoms with Crippen LogP contribution in [-0.2, 0) is 86.4 Å². The van der Waals surface area contributed by atoms with Gasteiger partial charge >= 0.3 is 5.97 Å². The molecule has 15 N–H and O–H groups in total.